The number of piperazine rings is 1. The van der Waals surface area contributed by atoms with E-state index in [1.54, 1.807) is 12.1 Å². The third-order valence-corrected chi connectivity index (χ3v) is 5.02. The number of urea groups is 1. The zero-order valence-electron chi connectivity index (χ0n) is 16.8. The SMILES string of the molecule is CC(C)NC(=O)Nc1ccccc1C(=O)N1CCN(Cc2cccc(Cl)c2)CC1. The third kappa shape index (κ3) is 5.95. The van der Waals surface area contributed by atoms with Crippen LogP contribution in [0.15, 0.2) is 48.5 Å². The van der Waals surface area contributed by atoms with E-state index in [1.807, 2.05) is 49.1 Å². The smallest absolute Gasteiger partial charge is 0.319 e. The second-order valence-electron chi connectivity index (χ2n) is 7.50. The van der Waals surface area contributed by atoms with Crippen LogP contribution in [0.4, 0.5) is 10.5 Å². The van der Waals surface area contributed by atoms with E-state index in [9.17, 15) is 9.59 Å². The zero-order chi connectivity index (χ0) is 20.8. The topological polar surface area (TPSA) is 64.7 Å². The standard InChI is InChI=1S/C22H27ClN4O2/c1-16(2)24-22(29)25-20-9-4-3-8-19(20)21(28)27-12-10-26(11-13-27)15-17-6-5-7-18(23)14-17/h3-9,14,16H,10-13,15H2,1-2H3,(H2,24,25,29). The summed E-state index contributed by atoms with van der Waals surface area (Å²) in [5.74, 6) is -0.0622. The van der Waals surface area contributed by atoms with Crippen molar-refractivity contribution in [3.05, 3.63) is 64.7 Å². The lowest BCUT2D eigenvalue weighted by atomic mass is 10.1. The Morgan fingerprint density at radius 1 is 1.03 bits per heavy atom. The van der Waals surface area contributed by atoms with Crippen LogP contribution in [0.25, 0.3) is 0 Å². The number of halogens is 1. The van der Waals surface area contributed by atoms with E-state index >= 15 is 0 Å². The van der Waals surface area contributed by atoms with Gasteiger partial charge < -0.3 is 15.5 Å². The maximum atomic E-state index is 13.1. The minimum Gasteiger partial charge on any atom is -0.336 e. The molecule has 2 N–H and O–H groups in total. The highest BCUT2D eigenvalue weighted by atomic mass is 35.5. The molecule has 0 aliphatic carbocycles. The second kappa shape index (κ2) is 9.76. The Morgan fingerprint density at radius 3 is 2.45 bits per heavy atom. The Bertz CT molecular complexity index is 863. The molecule has 3 amide bonds. The molecule has 2 aromatic carbocycles. The van der Waals surface area contributed by atoms with Crippen molar-refractivity contribution in [2.75, 3.05) is 31.5 Å². The molecule has 0 spiro atoms. The molecule has 154 valence electrons. The summed E-state index contributed by atoms with van der Waals surface area (Å²) in [5.41, 5.74) is 2.20. The van der Waals surface area contributed by atoms with Crippen LogP contribution in [-0.2, 0) is 6.54 Å². The van der Waals surface area contributed by atoms with Gasteiger partial charge >= 0.3 is 6.03 Å². The quantitative estimate of drug-likeness (QED) is 0.781. The number of benzene rings is 2. The van der Waals surface area contributed by atoms with Gasteiger partial charge in [-0.05, 0) is 43.7 Å². The van der Waals surface area contributed by atoms with E-state index in [-0.39, 0.29) is 18.0 Å². The van der Waals surface area contributed by atoms with Crippen LogP contribution in [0.3, 0.4) is 0 Å². The summed E-state index contributed by atoms with van der Waals surface area (Å²) < 4.78 is 0. The lowest BCUT2D eigenvalue weighted by molar-refractivity contribution is 0.0629. The first-order valence-electron chi connectivity index (χ1n) is 9.85. The predicted octanol–water partition coefficient (Wildman–Crippen LogP) is 3.83. The number of para-hydroxylation sites is 1. The maximum absolute atomic E-state index is 13.1. The van der Waals surface area contributed by atoms with Crippen molar-refractivity contribution >= 4 is 29.2 Å². The molecule has 0 radical (unpaired) electrons. The van der Waals surface area contributed by atoms with Gasteiger partial charge in [0.05, 0.1) is 11.3 Å². The van der Waals surface area contributed by atoms with Crippen LogP contribution >= 0.6 is 11.6 Å². The molecule has 0 saturated carbocycles. The molecule has 1 saturated heterocycles. The monoisotopic (exact) mass is 414 g/mol. The van der Waals surface area contributed by atoms with Crippen molar-refractivity contribution in [1.29, 1.82) is 0 Å². The molecule has 1 aliphatic heterocycles. The van der Waals surface area contributed by atoms with Crippen LogP contribution in [-0.4, -0.2) is 54.0 Å². The fraction of sp³-hybridized carbons (Fsp3) is 0.364. The highest BCUT2D eigenvalue weighted by Crippen LogP contribution is 2.19. The van der Waals surface area contributed by atoms with E-state index in [0.29, 0.717) is 24.3 Å². The summed E-state index contributed by atoms with van der Waals surface area (Å²) in [5, 5.41) is 6.30. The van der Waals surface area contributed by atoms with Crippen molar-refractivity contribution in [1.82, 2.24) is 15.1 Å². The summed E-state index contributed by atoms with van der Waals surface area (Å²) in [6, 6.07) is 14.7. The van der Waals surface area contributed by atoms with Gasteiger partial charge in [-0.1, -0.05) is 35.9 Å². The van der Waals surface area contributed by atoms with E-state index in [2.05, 4.69) is 21.6 Å². The summed E-state index contributed by atoms with van der Waals surface area (Å²) >= 11 is 6.07. The van der Waals surface area contributed by atoms with Gasteiger partial charge in [-0.2, -0.15) is 0 Å². The first-order chi connectivity index (χ1) is 13.9. The van der Waals surface area contributed by atoms with Gasteiger partial charge in [-0.3, -0.25) is 9.69 Å². The molecule has 7 heteroatoms. The number of nitrogens with zero attached hydrogens (tertiary/aromatic N) is 2. The Labute approximate surface area is 176 Å². The van der Waals surface area contributed by atoms with Crippen molar-refractivity contribution in [3.63, 3.8) is 0 Å². The number of anilines is 1. The van der Waals surface area contributed by atoms with E-state index in [4.69, 9.17) is 11.6 Å². The van der Waals surface area contributed by atoms with Crippen molar-refractivity contribution in [3.8, 4) is 0 Å². The van der Waals surface area contributed by atoms with Gasteiger partial charge in [0.1, 0.15) is 0 Å². The minimum absolute atomic E-state index is 0.0189. The number of hydrogen-bond donors (Lipinski definition) is 2. The van der Waals surface area contributed by atoms with Gasteiger partial charge in [0.15, 0.2) is 0 Å². The van der Waals surface area contributed by atoms with Crippen LogP contribution in [0.5, 0.6) is 0 Å². The molecule has 0 atom stereocenters. The van der Waals surface area contributed by atoms with Crippen molar-refractivity contribution in [2.24, 2.45) is 0 Å². The van der Waals surface area contributed by atoms with Gasteiger partial charge in [0.25, 0.3) is 5.91 Å². The Morgan fingerprint density at radius 2 is 1.76 bits per heavy atom. The lowest BCUT2D eigenvalue weighted by Gasteiger charge is -2.35. The van der Waals surface area contributed by atoms with Crippen molar-refractivity contribution in [2.45, 2.75) is 26.4 Å². The molecular formula is C22H27ClN4O2. The lowest BCUT2D eigenvalue weighted by Crippen LogP contribution is -2.48. The van der Waals surface area contributed by atoms with Gasteiger partial charge in [-0.15, -0.1) is 0 Å². The second-order valence-corrected chi connectivity index (χ2v) is 7.93. The Balaban J connectivity index is 1.60. The molecule has 2 aromatic rings. The van der Waals surface area contributed by atoms with Gasteiger partial charge in [-0.25, -0.2) is 4.79 Å². The van der Waals surface area contributed by atoms with E-state index < -0.39 is 0 Å². The molecule has 0 aromatic heterocycles. The molecule has 1 fully saturated rings. The molecule has 1 heterocycles. The molecule has 3 rings (SSSR count). The average molecular weight is 415 g/mol. The van der Waals surface area contributed by atoms with Crippen LogP contribution in [0, 0.1) is 0 Å². The highest BCUT2D eigenvalue weighted by Gasteiger charge is 2.24. The summed E-state index contributed by atoms with van der Waals surface area (Å²) in [7, 11) is 0. The molecule has 6 nitrogen and oxygen atoms in total. The normalized spacial score (nSPS) is 14.7. The summed E-state index contributed by atoms with van der Waals surface area (Å²) in [6.45, 7) is 7.47. The number of nitrogens with one attached hydrogen (secondary N) is 2. The van der Waals surface area contributed by atoms with Gasteiger partial charge in [0, 0.05) is 43.8 Å². The van der Waals surface area contributed by atoms with E-state index in [0.717, 1.165) is 24.7 Å². The predicted molar refractivity (Wildman–Crippen MR) is 116 cm³/mol. The summed E-state index contributed by atoms with van der Waals surface area (Å²) in [6.07, 6.45) is 0. The van der Waals surface area contributed by atoms with Crippen LogP contribution in [0.2, 0.25) is 5.02 Å². The van der Waals surface area contributed by atoms with E-state index in [1.165, 1.54) is 5.56 Å². The number of rotatable bonds is 5. The molecular weight excluding hydrogens is 388 g/mol. The Hall–Kier alpha value is -2.57. The van der Waals surface area contributed by atoms with Crippen LogP contribution in [0.1, 0.15) is 29.8 Å². The van der Waals surface area contributed by atoms with Crippen molar-refractivity contribution < 1.29 is 9.59 Å². The molecule has 0 unspecified atom stereocenters. The number of amides is 3. The Kier molecular flexibility index (Phi) is 7.12. The fourth-order valence-corrected chi connectivity index (χ4v) is 3.59. The molecule has 1 aliphatic rings. The third-order valence-electron chi connectivity index (χ3n) is 4.78. The maximum Gasteiger partial charge on any atom is 0.319 e. The zero-order valence-corrected chi connectivity index (χ0v) is 17.6. The first kappa shape index (κ1) is 21.1. The highest BCUT2D eigenvalue weighted by molar-refractivity contribution is 6.30. The van der Waals surface area contributed by atoms with Crippen LogP contribution < -0.4 is 10.6 Å². The average Bonchev–Trinajstić information content (AvgIpc) is 2.68. The number of hydrogen-bond acceptors (Lipinski definition) is 3. The number of carbonyl (C=O) groups is 2. The largest absolute Gasteiger partial charge is 0.336 e. The summed E-state index contributed by atoms with van der Waals surface area (Å²) in [4.78, 5) is 29.3. The molecule has 0 bridgehead atoms. The minimum atomic E-state index is -0.313. The van der Waals surface area contributed by atoms with Gasteiger partial charge in [0.2, 0.25) is 0 Å². The number of carbonyl (C=O) groups excluding carboxylic acids is 2. The molecule has 29 heavy (non-hydrogen) atoms. The fourth-order valence-electron chi connectivity index (χ4n) is 3.37. The first-order valence-corrected chi connectivity index (χ1v) is 10.2.